The van der Waals surface area contributed by atoms with Gasteiger partial charge in [-0.3, -0.25) is 4.90 Å². The van der Waals surface area contributed by atoms with Gasteiger partial charge < -0.3 is 14.9 Å². The van der Waals surface area contributed by atoms with Gasteiger partial charge in [-0.25, -0.2) is 4.79 Å². The molecule has 1 aliphatic heterocycles. The normalized spacial score (nSPS) is 27.2. The van der Waals surface area contributed by atoms with Crippen molar-refractivity contribution in [2.75, 3.05) is 6.54 Å². The number of carbonyl (C=O) groups excluding carboxylic acids is 1. The summed E-state index contributed by atoms with van der Waals surface area (Å²) < 4.78 is 5.14. The fourth-order valence-electron chi connectivity index (χ4n) is 2.08. The van der Waals surface area contributed by atoms with E-state index in [1.54, 1.807) is 26.0 Å². The third kappa shape index (κ3) is 2.31. The lowest BCUT2D eigenvalue weighted by Gasteiger charge is -2.35. The van der Waals surface area contributed by atoms with Gasteiger partial charge in [-0.05, 0) is 26.3 Å². The Morgan fingerprint density at radius 2 is 1.84 bits per heavy atom. The van der Waals surface area contributed by atoms with E-state index in [-0.39, 0.29) is 6.54 Å². The molecule has 1 amide bonds. The second-order valence-corrected chi connectivity index (χ2v) is 5.44. The van der Waals surface area contributed by atoms with Crippen molar-refractivity contribution >= 4 is 6.09 Å². The molecular weight excluding hydrogens is 246 g/mol. The summed E-state index contributed by atoms with van der Waals surface area (Å²) in [6.45, 7) is 4.77. The third-order valence-corrected chi connectivity index (χ3v) is 3.77. The van der Waals surface area contributed by atoms with Gasteiger partial charge in [-0.2, -0.15) is 0 Å². The summed E-state index contributed by atoms with van der Waals surface area (Å²) in [5, 5.41) is 20.6. The Bertz CT molecular complexity index is 470. The number of amides is 1. The summed E-state index contributed by atoms with van der Waals surface area (Å²) in [5.41, 5.74) is -1.78. The van der Waals surface area contributed by atoms with Gasteiger partial charge in [-0.15, -0.1) is 0 Å². The fraction of sp³-hybridized carbons (Fsp3) is 0.500. The molecule has 2 unspecified atom stereocenters. The first-order valence-corrected chi connectivity index (χ1v) is 6.22. The molecule has 1 aromatic rings. The number of hydrogen-bond acceptors (Lipinski definition) is 4. The summed E-state index contributed by atoms with van der Waals surface area (Å²) in [7, 11) is 0. The largest absolute Gasteiger partial charge is 0.438 e. The summed E-state index contributed by atoms with van der Waals surface area (Å²) in [6.07, 6.45) is -1.49. The highest BCUT2D eigenvalue weighted by Crippen LogP contribution is 2.37. The number of hydrogen-bond donors (Lipinski definition) is 2. The van der Waals surface area contributed by atoms with Crippen LogP contribution in [0.1, 0.15) is 32.4 Å². The Hall–Kier alpha value is -1.59. The molecule has 2 atom stereocenters. The van der Waals surface area contributed by atoms with E-state index in [2.05, 4.69) is 0 Å². The molecule has 19 heavy (non-hydrogen) atoms. The van der Waals surface area contributed by atoms with Gasteiger partial charge in [0.25, 0.3) is 0 Å². The Morgan fingerprint density at radius 1 is 1.26 bits per heavy atom. The molecule has 0 radical (unpaired) electrons. The second-order valence-electron chi connectivity index (χ2n) is 5.44. The number of ether oxygens (including phenoxy) is 1. The van der Waals surface area contributed by atoms with Crippen LogP contribution in [0.3, 0.4) is 0 Å². The number of β-amino-alcohol motifs (C(OH)–C–C–N with tert-alkyl or cyclic N) is 1. The van der Waals surface area contributed by atoms with Crippen LogP contribution in [0.15, 0.2) is 30.3 Å². The van der Waals surface area contributed by atoms with Crippen LogP contribution in [0.5, 0.6) is 0 Å². The van der Waals surface area contributed by atoms with Gasteiger partial charge in [0.05, 0.1) is 12.6 Å². The van der Waals surface area contributed by atoms with Crippen molar-refractivity contribution in [2.45, 2.75) is 38.2 Å². The van der Waals surface area contributed by atoms with Crippen molar-refractivity contribution < 1.29 is 19.7 Å². The topological polar surface area (TPSA) is 70.0 Å². The van der Waals surface area contributed by atoms with E-state index in [0.717, 1.165) is 4.90 Å². The summed E-state index contributed by atoms with van der Waals surface area (Å²) in [4.78, 5) is 13.0. The van der Waals surface area contributed by atoms with Crippen molar-refractivity contribution in [3.63, 3.8) is 0 Å². The minimum atomic E-state index is -1.46. The first-order valence-electron chi connectivity index (χ1n) is 6.22. The van der Waals surface area contributed by atoms with Crippen LogP contribution < -0.4 is 0 Å². The van der Waals surface area contributed by atoms with Gasteiger partial charge in [0.1, 0.15) is 0 Å². The van der Waals surface area contributed by atoms with E-state index >= 15 is 0 Å². The zero-order valence-electron chi connectivity index (χ0n) is 11.3. The van der Waals surface area contributed by atoms with E-state index in [4.69, 9.17) is 4.74 Å². The first-order chi connectivity index (χ1) is 8.75. The van der Waals surface area contributed by atoms with Crippen LogP contribution >= 0.6 is 0 Å². The van der Waals surface area contributed by atoms with E-state index in [1.807, 2.05) is 18.2 Å². The van der Waals surface area contributed by atoms with Crippen LogP contribution in [0.4, 0.5) is 4.79 Å². The molecule has 1 saturated heterocycles. The summed E-state index contributed by atoms with van der Waals surface area (Å²) in [5.74, 6) is 0. The maximum absolute atomic E-state index is 11.8. The van der Waals surface area contributed by atoms with Gasteiger partial charge in [-0.1, -0.05) is 30.3 Å². The highest BCUT2D eigenvalue weighted by Gasteiger charge is 2.56. The van der Waals surface area contributed by atoms with Crippen LogP contribution in [-0.4, -0.2) is 39.1 Å². The monoisotopic (exact) mass is 265 g/mol. The zero-order chi connectivity index (χ0) is 14.3. The van der Waals surface area contributed by atoms with Crippen molar-refractivity contribution in [1.29, 1.82) is 0 Å². The highest BCUT2D eigenvalue weighted by atomic mass is 16.6. The predicted molar refractivity (Wildman–Crippen MR) is 69.3 cm³/mol. The van der Waals surface area contributed by atoms with Crippen LogP contribution in [0.2, 0.25) is 0 Å². The minimum absolute atomic E-state index is 0.0146. The van der Waals surface area contributed by atoms with E-state index in [9.17, 15) is 15.0 Å². The molecule has 2 N–H and O–H groups in total. The molecule has 1 fully saturated rings. The van der Waals surface area contributed by atoms with Gasteiger partial charge >= 0.3 is 6.09 Å². The second kappa shape index (κ2) is 4.51. The molecule has 5 nitrogen and oxygen atoms in total. The van der Waals surface area contributed by atoms with Crippen LogP contribution in [0, 0.1) is 0 Å². The number of nitrogens with zero attached hydrogens (tertiary/aromatic N) is 1. The molecule has 1 heterocycles. The fourth-order valence-corrected chi connectivity index (χ4v) is 2.08. The molecule has 0 bridgehead atoms. The van der Waals surface area contributed by atoms with Crippen molar-refractivity contribution in [2.24, 2.45) is 0 Å². The maximum Gasteiger partial charge on any atom is 0.412 e. The maximum atomic E-state index is 11.8. The smallest absolute Gasteiger partial charge is 0.412 e. The molecular formula is C14H19NO4. The van der Waals surface area contributed by atoms with Gasteiger partial charge in [0.15, 0.2) is 11.3 Å². The zero-order valence-corrected chi connectivity index (χ0v) is 11.3. The van der Waals surface area contributed by atoms with E-state index in [1.165, 1.54) is 6.92 Å². The van der Waals surface area contributed by atoms with Gasteiger partial charge in [0, 0.05) is 0 Å². The molecule has 0 saturated carbocycles. The minimum Gasteiger partial charge on any atom is -0.438 e. The van der Waals surface area contributed by atoms with Crippen molar-refractivity contribution in [3.05, 3.63) is 35.9 Å². The van der Waals surface area contributed by atoms with Crippen molar-refractivity contribution in [3.8, 4) is 0 Å². The average molecular weight is 265 g/mol. The Kier molecular flexibility index (Phi) is 3.28. The van der Waals surface area contributed by atoms with Gasteiger partial charge in [0.2, 0.25) is 0 Å². The summed E-state index contributed by atoms with van der Waals surface area (Å²) in [6, 6.07) is 9.00. The molecule has 104 valence electrons. The van der Waals surface area contributed by atoms with Crippen LogP contribution in [-0.2, 0) is 4.74 Å². The number of cyclic esters (lactones) is 1. The molecule has 0 spiro atoms. The van der Waals surface area contributed by atoms with E-state index in [0.29, 0.717) is 5.56 Å². The number of aliphatic hydroxyl groups is 2. The number of aliphatic hydroxyl groups excluding tert-OH is 1. The number of rotatable bonds is 3. The molecule has 5 heteroatoms. The Labute approximate surface area is 112 Å². The standard InChI is InChI=1S/C14H19NO4/c1-13(2)14(3,18)15(12(17)19-13)9-11(16)10-7-5-4-6-8-10/h4-8,11,16,18H,9H2,1-3H3. The molecule has 0 aliphatic carbocycles. The van der Waals surface area contributed by atoms with Crippen LogP contribution in [0.25, 0.3) is 0 Å². The Morgan fingerprint density at radius 3 is 2.32 bits per heavy atom. The third-order valence-electron chi connectivity index (χ3n) is 3.77. The average Bonchev–Trinajstić information content (AvgIpc) is 2.49. The van der Waals surface area contributed by atoms with E-state index < -0.39 is 23.5 Å². The number of benzene rings is 1. The Balaban J connectivity index is 2.17. The summed E-state index contributed by atoms with van der Waals surface area (Å²) >= 11 is 0. The molecule has 1 aliphatic rings. The predicted octanol–water partition coefficient (Wildman–Crippen LogP) is 1.66. The molecule has 1 aromatic carbocycles. The lowest BCUT2D eigenvalue weighted by molar-refractivity contribution is -0.133. The first kappa shape index (κ1) is 13.8. The highest BCUT2D eigenvalue weighted by molar-refractivity contribution is 5.72. The lowest BCUT2D eigenvalue weighted by Crippen LogP contribution is -2.54. The number of carbonyl (C=O) groups is 1. The molecule has 2 rings (SSSR count). The SMILES string of the molecule is CC1(C)OC(=O)N(CC(O)c2ccccc2)C1(C)O. The quantitative estimate of drug-likeness (QED) is 0.872. The molecule has 0 aromatic heterocycles. The lowest BCUT2D eigenvalue weighted by atomic mass is 9.95. The van der Waals surface area contributed by atoms with Crippen molar-refractivity contribution in [1.82, 2.24) is 4.90 Å².